The first kappa shape index (κ1) is 13.5. The van der Waals surface area contributed by atoms with Crippen molar-refractivity contribution in [2.75, 3.05) is 26.8 Å². The maximum Gasteiger partial charge on any atom is 0.236 e. The van der Waals surface area contributed by atoms with Crippen molar-refractivity contribution in [3.63, 3.8) is 0 Å². The molecular weight excluding hydrogens is 278 g/mol. The van der Waals surface area contributed by atoms with Gasteiger partial charge in [0.2, 0.25) is 11.7 Å². The van der Waals surface area contributed by atoms with Crippen LogP contribution in [0.3, 0.4) is 0 Å². The van der Waals surface area contributed by atoms with Gasteiger partial charge in [0.15, 0.2) is 0 Å². The lowest BCUT2D eigenvalue weighted by molar-refractivity contribution is 0.117. The Morgan fingerprint density at radius 3 is 3.10 bits per heavy atom. The molecule has 1 N–H and O–H groups in total. The molecule has 1 aliphatic heterocycles. The quantitative estimate of drug-likeness (QED) is 0.937. The monoisotopic (exact) mass is 293 g/mol. The van der Waals surface area contributed by atoms with Crippen LogP contribution in [0.1, 0.15) is 12.3 Å². The Hall–Kier alpha value is -1.43. The van der Waals surface area contributed by atoms with E-state index in [1.54, 1.807) is 7.11 Å². The predicted molar refractivity (Wildman–Crippen MR) is 75.8 cm³/mol. The molecule has 0 radical (unpaired) electrons. The standard InChI is InChI=1S/C14H16ClN3O2/c1-19-9-14(5-6-16-8-14)13-17-12(18-20-13)10-3-2-4-11(15)7-10/h2-4,7,16H,5-6,8-9H2,1H3. The molecular formula is C14H16ClN3O2. The summed E-state index contributed by atoms with van der Waals surface area (Å²) < 4.78 is 10.8. The van der Waals surface area contributed by atoms with E-state index in [0.29, 0.717) is 23.3 Å². The Labute approximate surface area is 122 Å². The van der Waals surface area contributed by atoms with Crippen LogP contribution < -0.4 is 5.32 Å². The van der Waals surface area contributed by atoms with Gasteiger partial charge in [-0.3, -0.25) is 0 Å². The average Bonchev–Trinajstić information content (AvgIpc) is 3.08. The van der Waals surface area contributed by atoms with E-state index in [4.69, 9.17) is 20.9 Å². The topological polar surface area (TPSA) is 60.2 Å². The molecule has 3 rings (SSSR count). The van der Waals surface area contributed by atoms with E-state index in [-0.39, 0.29) is 5.41 Å². The number of hydrogen-bond donors (Lipinski definition) is 1. The fourth-order valence-electron chi connectivity index (χ4n) is 2.57. The highest BCUT2D eigenvalue weighted by Crippen LogP contribution is 2.31. The molecule has 6 heteroatoms. The zero-order valence-corrected chi connectivity index (χ0v) is 12.0. The van der Waals surface area contributed by atoms with Gasteiger partial charge >= 0.3 is 0 Å². The molecule has 0 spiro atoms. The second-order valence-corrected chi connectivity index (χ2v) is 5.51. The van der Waals surface area contributed by atoms with Crippen LogP contribution in [-0.4, -0.2) is 36.9 Å². The Kier molecular flexibility index (Phi) is 3.74. The van der Waals surface area contributed by atoms with Crippen molar-refractivity contribution in [1.29, 1.82) is 0 Å². The molecule has 0 aliphatic carbocycles. The van der Waals surface area contributed by atoms with Crippen LogP contribution in [0.4, 0.5) is 0 Å². The van der Waals surface area contributed by atoms with Gasteiger partial charge in [-0.25, -0.2) is 0 Å². The molecule has 1 aromatic heterocycles. The molecule has 1 aliphatic rings. The first-order valence-corrected chi connectivity index (χ1v) is 6.91. The summed E-state index contributed by atoms with van der Waals surface area (Å²) in [5.74, 6) is 1.18. The van der Waals surface area contributed by atoms with Gasteiger partial charge in [-0.05, 0) is 25.1 Å². The van der Waals surface area contributed by atoms with Crippen molar-refractivity contribution in [3.8, 4) is 11.4 Å². The number of aromatic nitrogens is 2. The number of rotatable bonds is 4. The fraction of sp³-hybridized carbons (Fsp3) is 0.429. The van der Waals surface area contributed by atoms with E-state index in [1.165, 1.54) is 0 Å². The summed E-state index contributed by atoms with van der Waals surface area (Å²) in [7, 11) is 1.69. The van der Waals surface area contributed by atoms with E-state index in [2.05, 4.69) is 15.5 Å². The number of ether oxygens (including phenoxy) is 1. The molecule has 0 bridgehead atoms. The van der Waals surface area contributed by atoms with E-state index in [0.717, 1.165) is 25.1 Å². The Balaban J connectivity index is 1.93. The molecule has 0 saturated carbocycles. The van der Waals surface area contributed by atoms with Crippen molar-refractivity contribution in [1.82, 2.24) is 15.5 Å². The molecule has 0 amide bonds. The number of methoxy groups -OCH3 is 1. The van der Waals surface area contributed by atoms with Crippen LogP contribution in [0.15, 0.2) is 28.8 Å². The molecule has 1 unspecified atom stereocenters. The Morgan fingerprint density at radius 1 is 1.50 bits per heavy atom. The largest absolute Gasteiger partial charge is 0.384 e. The molecule has 2 heterocycles. The highest BCUT2D eigenvalue weighted by atomic mass is 35.5. The summed E-state index contributed by atoms with van der Waals surface area (Å²) in [5.41, 5.74) is 0.629. The first-order chi connectivity index (χ1) is 9.73. The van der Waals surface area contributed by atoms with Crippen molar-refractivity contribution in [2.45, 2.75) is 11.8 Å². The Bertz CT molecular complexity index is 594. The number of nitrogens with one attached hydrogen (secondary N) is 1. The van der Waals surface area contributed by atoms with Gasteiger partial charge in [0, 0.05) is 24.2 Å². The van der Waals surface area contributed by atoms with Crippen LogP contribution in [0.25, 0.3) is 11.4 Å². The zero-order valence-electron chi connectivity index (χ0n) is 11.2. The minimum absolute atomic E-state index is 0.224. The first-order valence-electron chi connectivity index (χ1n) is 6.53. The molecule has 1 fully saturated rings. The normalized spacial score (nSPS) is 22.3. The van der Waals surface area contributed by atoms with Gasteiger partial charge < -0.3 is 14.6 Å². The fourth-order valence-corrected chi connectivity index (χ4v) is 2.76. The molecule has 2 aromatic rings. The van der Waals surface area contributed by atoms with Gasteiger partial charge in [0.1, 0.15) is 0 Å². The van der Waals surface area contributed by atoms with Crippen molar-refractivity contribution < 1.29 is 9.26 Å². The lowest BCUT2D eigenvalue weighted by atomic mass is 9.88. The summed E-state index contributed by atoms with van der Waals surface area (Å²) in [4.78, 5) is 4.54. The number of nitrogens with zero attached hydrogens (tertiary/aromatic N) is 2. The third kappa shape index (κ3) is 2.44. The van der Waals surface area contributed by atoms with Gasteiger partial charge in [0.05, 0.1) is 12.0 Å². The van der Waals surface area contributed by atoms with Crippen LogP contribution in [0, 0.1) is 0 Å². The van der Waals surface area contributed by atoms with Gasteiger partial charge in [-0.15, -0.1) is 0 Å². The van der Waals surface area contributed by atoms with Crippen molar-refractivity contribution >= 4 is 11.6 Å². The van der Waals surface area contributed by atoms with Crippen LogP contribution in [0.5, 0.6) is 0 Å². The highest BCUT2D eigenvalue weighted by Gasteiger charge is 2.41. The van der Waals surface area contributed by atoms with E-state index < -0.39 is 0 Å². The minimum Gasteiger partial charge on any atom is -0.384 e. The maximum absolute atomic E-state index is 5.99. The van der Waals surface area contributed by atoms with Crippen LogP contribution in [0.2, 0.25) is 5.02 Å². The molecule has 5 nitrogen and oxygen atoms in total. The second kappa shape index (κ2) is 5.52. The zero-order chi connectivity index (χ0) is 14.0. The second-order valence-electron chi connectivity index (χ2n) is 5.07. The van der Waals surface area contributed by atoms with E-state index >= 15 is 0 Å². The molecule has 20 heavy (non-hydrogen) atoms. The SMILES string of the molecule is COCC1(c2nc(-c3cccc(Cl)c3)no2)CCNC1. The van der Waals surface area contributed by atoms with Crippen molar-refractivity contribution in [3.05, 3.63) is 35.2 Å². The third-order valence-corrected chi connectivity index (χ3v) is 3.86. The minimum atomic E-state index is -0.224. The summed E-state index contributed by atoms with van der Waals surface area (Å²) in [6, 6.07) is 7.43. The van der Waals surface area contributed by atoms with E-state index in [1.807, 2.05) is 24.3 Å². The molecule has 1 aromatic carbocycles. The van der Waals surface area contributed by atoms with Crippen molar-refractivity contribution in [2.24, 2.45) is 0 Å². The Morgan fingerprint density at radius 2 is 2.40 bits per heavy atom. The van der Waals surface area contributed by atoms with Crippen LogP contribution >= 0.6 is 11.6 Å². The van der Waals surface area contributed by atoms with Gasteiger partial charge in [-0.1, -0.05) is 28.9 Å². The lowest BCUT2D eigenvalue weighted by Gasteiger charge is -2.22. The average molecular weight is 294 g/mol. The van der Waals surface area contributed by atoms with Crippen LogP contribution in [-0.2, 0) is 10.2 Å². The molecule has 106 valence electrons. The summed E-state index contributed by atoms with van der Waals surface area (Å²) >= 11 is 5.99. The predicted octanol–water partition coefficient (Wildman–Crippen LogP) is 2.27. The lowest BCUT2D eigenvalue weighted by Crippen LogP contribution is -2.34. The molecule has 1 atom stereocenters. The summed E-state index contributed by atoms with van der Waals surface area (Å²) in [6.45, 7) is 2.29. The number of hydrogen-bond acceptors (Lipinski definition) is 5. The van der Waals surface area contributed by atoms with E-state index in [9.17, 15) is 0 Å². The third-order valence-electron chi connectivity index (χ3n) is 3.63. The molecule has 1 saturated heterocycles. The summed E-state index contributed by atoms with van der Waals surface area (Å²) in [6.07, 6.45) is 0.929. The smallest absolute Gasteiger partial charge is 0.236 e. The van der Waals surface area contributed by atoms with Gasteiger partial charge in [0.25, 0.3) is 0 Å². The number of halogens is 1. The van der Waals surface area contributed by atoms with Gasteiger partial charge in [-0.2, -0.15) is 4.98 Å². The maximum atomic E-state index is 5.99. The highest BCUT2D eigenvalue weighted by molar-refractivity contribution is 6.30. The number of benzene rings is 1. The summed E-state index contributed by atoms with van der Waals surface area (Å²) in [5, 5.41) is 8.05.